The molecule has 0 spiro atoms. The standard InChI is InChI=1S/C11H12N2O5S2/c1-17-9-4-2-3-8-11(9)7(6-12-8)5-10(19)13-18-20(14,15)16/h2-4,6,12H,5H2,1H3,(H,13,19)(H,14,15,16). The fourth-order valence-electron chi connectivity index (χ4n) is 1.84. The van der Waals surface area contributed by atoms with Gasteiger partial charge in [-0.15, -0.1) is 4.28 Å². The van der Waals surface area contributed by atoms with E-state index >= 15 is 0 Å². The van der Waals surface area contributed by atoms with E-state index in [4.69, 9.17) is 21.5 Å². The van der Waals surface area contributed by atoms with Crippen LogP contribution in [0.1, 0.15) is 5.56 Å². The Morgan fingerprint density at radius 3 is 2.90 bits per heavy atom. The first-order valence-electron chi connectivity index (χ1n) is 5.48. The molecule has 0 aliphatic carbocycles. The van der Waals surface area contributed by atoms with Crippen molar-refractivity contribution in [3.8, 4) is 5.75 Å². The van der Waals surface area contributed by atoms with Crippen molar-refractivity contribution in [3.05, 3.63) is 30.0 Å². The summed E-state index contributed by atoms with van der Waals surface area (Å²) >= 11 is 4.95. The number of hydroxylamine groups is 1. The Kier molecular flexibility index (Phi) is 4.23. The van der Waals surface area contributed by atoms with Crippen LogP contribution in [0, 0.1) is 0 Å². The molecule has 1 heterocycles. The van der Waals surface area contributed by atoms with Gasteiger partial charge in [-0.3, -0.25) is 4.55 Å². The van der Waals surface area contributed by atoms with Gasteiger partial charge in [0.05, 0.1) is 7.11 Å². The maximum absolute atomic E-state index is 10.4. The molecule has 7 nitrogen and oxygen atoms in total. The van der Waals surface area contributed by atoms with Crippen molar-refractivity contribution >= 4 is 38.5 Å². The Hall–Kier alpha value is -1.68. The van der Waals surface area contributed by atoms with Crippen molar-refractivity contribution in [1.82, 2.24) is 10.5 Å². The lowest BCUT2D eigenvalue weighted by Crippen LogP contribution is -2.26. The van der Waals surface area contributed by atoms with E-state index in [9.17, 15) is 8.42 Å². The third-order valence-electron chi connectivity index (χ3n) is 2.58. The fourth-order valence-corrected chi connectivity index (χ4v) is 2.29. The van der Waals surface area contributed by atoms with Crippen LogP contribution in [0.15, 0.2) is 24.4 Å². The molecule has 0 atom stereocenters. The van der Waals surface area contributed by atoms with Crippen LogP contribution in [0.5, 0.6) is 5.75 Å². The molecule has 2 rings (SSSR count). The van der Waals surface area contributed by atoms with Crippen LogP contribution in [0.25, 0.3) is 10.9 Å². The van der Waals surface area contributed by atoms with Crippen molar-refractivity contribution in [2.75, 3.05) is 7.11 Å². The lowest BCUT2D eigenvalue weighted by molar-refractivity contribution is 0.227. The minimum atomic E-state index is -4.58. The number of rotatable bonds is 5. The molecular formula is C11H12N2O5S2. The molecule has 0 amide bonds. The SMILES string of the molecule is COc1cccc2[nH]cc(CC(=S)NOS(=O)(=O)O)c12. The third kappa shape index (κ3) is 3.45. The number of hydrogen-bond acceptors (Lipinski definition) is 5. The van der Waals surface area contributed by atoms with E-state index in [1.54, 1.807) is 13.3 Å². The Morgan fingerprint density at radius 1 is 1.50 bits per heavy atom. The predicted molar refractivity (Wildman–Crippen MR) is 76.9 cm³/mol. The molecule has 1 aromatic heterocycles. The first-order valence-corrected chi connectivity index (χ1v) is 7.26. The summed E-state index contributed by atoms with van der Waals surface area (Å²) in [4.78, 5) is 3.17. The minimum absolute atomic E-state index is 0.106. The molecule has 0 aliphatic heterocycles. The topological polar surface area (TPSA) is 101 Å². The van der Waals surface area contributed by atoms with Gasteiger partial charge in [-0.25, -0.2) is 5.48 Å². The van der Waals surface area contributed by atoms with Gasteiger partial charge < -0.3 is 9.72 Å². The molecule has 9 heteroatoms. The summed E-state index contributed by atoms with van der Waals surface area (Å²) in [5.74, 6) is 0.678. The molecule has 0 unspecified atom stereocenters. The van der Waals surface area contributed by atoms with E-state index in [-0.39, 0.29) is 11.4 Å². The van der Waals surface area contributed by atoms with Gasteiger partial charge in [-0.05, 0) is 17.7 Å². The monoisotopic (exact) mass is 316 g/mol. The summed E-state index contributed by atoms with van der Waals surface area (Å²) < 4.78 is 38.6. The number of aromatic nitrogens is 1. The summed E-state index contributed by atoms with van der Waals surface area (Å²) in [6.45, 7) is 0. The molecule has 0 saturated heterocycles. The van der Waals surface area contributed by atoms with Gasteiger partial charge in [0.25, 0.3) is 0 Å². The maximum atomic E-state index is 10.4. The number of hydrogen-bond donors (Lipinski definition) is 3. The van der Waals surface area contributed by atoms with Gasteiger partial charge in [0.15, 0.2) is 0 Å². The molecule has 0 saturated carbocycles. The molecule has 2 aromatic rings. The number of H-pyrrole nitrogens is 1. The molecule has 0 aliphatic rings. The smallest absolute Gasteiger partial charge is 0.418 e. The van der Waals surface area contributed by atoms with Crippen molar-refractivity contribution in [2.45, 2.75) is 6.42 Å². The Labute approximate surface area is 120 Å². The number of methoxy groups -OCH3 is 1. The second kappa shape index (κ2) is 5.75. The average Bonchev–Trinajstić information content (AvgIpc) is 2.79. The zero-order valence-electron chi connectivity index (χ0n) is 10.4. The lowest BCUT2D eigenvalue weighted by Gasteiger charge is -2.07. The lowest BCUT2D eigenvalue weighted by atomic mass is 10.1. The van der Waals surface area contributed by atoms with Crippen molar-refractivity contribution < 1.29 is 22.0 Å². The molecule has 0 radical (unpaired) electrons. The van der Waals surface area contributed by atoms with Gasteiger partial charge in [0.1, 0.15) is 10.7 Å². The van der Waals surface area contributed by atoms with Gasteiger partial charge in [-0.1, -0.05) is 18.3 Å². The number of thiocarbonyl (C=S) groups is 1. The highest BCUT2D eigenvalue weighted by atomic mass is 32.3. The summed E-state index contributed by atoms with van der Waals surface area (Å²) in [5, 5.41) is 0.853. The van der Waals surface area contributed by atoms with E-state index < -0.39 is 10.4 Å². The summed E-state index contributed by atoms with van der Waals surface area (Å²) in [6, 6.07) is 5.54. The zero-order chi connectivity index (χ0) is 14.8. The van der Waals surface area contributed by atoms with Crippen LogP contribution in [-0.2, 0) is 21.1 Å². The molecule has 0 fully saturated rings. The van der Waals surface area contributed by atoms with Gasteiger partial charge in [-0.2, -0.15) is 8.42 Å². The quantitative estimate of drug-likeness (QED) is 0.435. The fraction of sp³-hybridized carbons (Fsp3) is 0.182. The summed E-state index contributed by atoms with van der Waals surface area (Å²) in [5.41, 5.74) is 3.69. The first-order chi connectivity index (χ1) is 9.40. The molecule has 108 valence electrons. The number of nitrogens with one attached hydrogen (secondary N) is 2. The van der Waals surface area contributed by atoms with Crippen LogP contribution >= 0.6 is 12.2 Å². The molecule has 1 aromatic carbocycles. The van der Waals surface area contributed by atoms with Crippen molar-refractivity contribution in [2.24, 2.45) is 0 Å². The molecule has 3 N–H and O–H groups in total. The van der Waals surface area contributed by atoms with E-state index in [1.807, 2.05) is 23.7 Å². The normalized spacial score (nSPS) is 11.5. The highest BCUT2D eigenvalue weighted by molar-refractivity contribution is 7.81. The largest absolute Gasteiger partial charge is 0.496 e. The Balaban J connectivity index is 2.20. The second-order valence-electron chi connectivity index (χ2n) is 3.91. The van der Waals surface area contributed by atoms with E-state index in [0.29, 0.717) is 5.75 Å². The van der Waals surface area contributed by atoms with Crippen molar-refractivity contribution in [1.29, 1.82) is 0 Å². The van der Waals surface area contributed by atoms with Crippen LogP contribution in [0.4, 0.5) is 0 Å². The molecule has 20 heavy (non-hydrogen) atoms. The highest BCUT2D eigenvalue weighted by Crippen LogP contribution is 2.28. The highest BCUT2D eigenvalue weighted by Gasteiger charge is 2.12. The molecule has 0 bridgehead atoms. The first kappa shape index (κ1) is 14.7. The van der Waals surface area contributed by atoms with E-state index in [0.717, 1.165) is 16.5 Å². The van der Waals surface area contributed by atoms with Gasteiger partial charge in [0.2, 0.25) is 0 Å². The van der Waals surface area contributed by atoms with E-state index in [1.165, 1.54) is 0 Å². The van der Waals surface area contributed by atoms with Crippen LogP contribution in [0.2, 0.25) is 0 Å². The average molecular weight is 316 g/mol. The Morgan fingerprint density at radius 2 is 2.25 bits per heavy atom. The number of ether oxygens (including phenoxy) is 1. The maximum Gasteiger partial charge on any atom is 0.418 e. The van der Waals surface area contributed by atoms with E-state index in [2.05, 4.69) is 9.27 Å². The second-order valence-corrected chi connectivity index (χ2v) is 5.42. The van der Waals surface area contributed by atoms with Crippen LogP contribution < -0.4 is 10.2 Å². The number of aromatic amines is 1. The zero-order valence-corrected chi connectivity index (χ0v) is 12.0. The third-order valence-corrected chi connectivity index (χ3v) is 3.10. The van der Waals surface area contributed by atoms with Crippen LogP contribution in [-0.4, -0.2) is 30.1 Å². The van der Waals surface area contributed by atoms with Crippen molar-refractivity contribution in [3.63, 3.8) is 0 Å². The summed E-state index contributed by atoms with van der Waals surface area (Å²) in [7, 11) is -3.03. The van der Waals surface area contributed by atoms with Gasteiger partial charge in [0, 0.05) is 23.5 Å². The molecular weight excluding hydrogens is 304 g/mol. The van der Waals surface area contributed by atoms with Gasteiger partial charge >= 0.3 is 10.4 Å². The number of fused-ring (bicyclic) bond motifs is 1. The predicted octanol–water partition coefficient (Wildman–Crippen LogP) is 1.37. The minimum Gasteiger partial charge on any atom is -0.496 e. The Bertz CT molecular complexity index is 738. The van der Waals surface area contributed by atoms with Crippen LogP contribution in [0.3, 0.4) is 0 Å². The number of benzene rings is 1. The summed E-state index contributed by atoms with van der Waals surface area (Å²) in [6.07, 6.45) is 1.97.